The lowest BCUT2D eigenvalue weighted by molar-refractivity contribution is -0.118. The van der Waals surface area contributed by atoms with Crippen LogP contribution in [-0.2, 0) is 4.79 Å². The van der Waals surface area contributed by atoms with Gasteiger partial charge in [0.25, 0.3) is 5.91 Å². The molecule has 2 rings (SSSR count). The van der Waals surface area contributed by atoms with E-state index in [0.717, 1.165) is 17.7 Å². The van der Waals surface area contributed by atoms with Crippen molar-refractivity contribution >= 4 is 17.4 Å². The van der Waals surface area contributed by atoms with Crippen molar-refractivity contribution in [1.29, 1.82) is 0 Å². The van der Waals surface area contributed by atoms with Crippen LogP contribution >= 0.6 is 0 Å². The fourth-order valence-corrected chi connectivity index (χ4v) is 2.37. The molecule has 0 aliphatic heterocycles. The molecule has 0 aliphatic rings. The Morgan fingerprint density at radius 2 is 1.75 bits per heavy atom. The Kier molecular flexibility index (Phi) is 6.13. The Balaban J connectivity index is 1.95. The summed E-state index contributed by atoms with van der Waals surface area (Å²) in [5.74, 6) is 0.889. The summed E-state index contributed by atoms with van der Waals surface area (Å²) in [5.41, 5.74) is 2.37. The largest absolute Gasteiger partial charge is 0.483 e. The van der Waals surface area contributed by atoms with Crippen LogP contribution in [0, 0.1) is 0 Å². The van der Waals surface area contributed by atoms with Crippen LogP contribution in [0.4, 0.5) is 5.69 Å². The summed E-state index contributed by atoms with van der Waals surface area (Å²) in [7, 11) is 0. The molecule has 2 aromatic rings. The number of hydrogen-bond donors (Lipinski definition) is 1. The SMILES string of the molecule is CCC(C)c1ccccc1OCC(=O)Nc1ccc(C(C)=O)cc1. The Hall–Kier alpha value is -2.62. The molecule has 1 amide bonds. The maximum absolute atomic E-state index is 12.1. The molecule has 0 aromatic heterocycles. The molecule has 1 unspecified atom stereocenters. The first-order chi connectivity index (χ1) is 11.5. The normalized spacial score (nSPS) is 11.6. The highest BCUT2D eigenvalue weighted by atomic mass is 16.5. The van der Waals surface area contributed by atoms with Gasteiger partial charge in [-0.25, -0.2) is 0 Å². The average molecular weight is 325 g/mol. The van der Waals surface area contributed by atoms with Gasteiger partial charge in [-0.05, 0) is 55.2 Å². The molecule has 4 heteroatoms. The molecule has 0 fully saturated rings. The first kappa shape index (κ1) is 17.7. The Morgan fingerprint density at radius 3 is 2.38 bits per heavy atom. The third-order valence-electron chi connectivity index (χ3n) is 4.00. The van der Waals surface area contributed by atoms with Crippen LogP contribution in [-0.4, -0.2) is 18.3 Å². The van der Waals surface area contributed by atoms with E-state index >= 15 is 0 Å². The number of anilines is 1. The summed E-state index contributed by atoms with van der Waals surface area (Å²) in [5, 5.41) is 2.77. The van der Waals surface area contributed by atoms with Crippen molar-refractivity contribution in [1.82, 2.24) is 0 Å². The minimum atomic E-state index is -0.232. The van der Waals surface area contributed by atoms with Crippen LogP contribution in [0.5, 0.6) is 5.75 Å². The number of ketones is 1. The maximum atomic E-state index is 12.1. The van der Waals surface area contributed by atoms with Gasteiger partial charge < -0.3 is 10.1 Å². The molecule has 2 aromatic carbocycles. The molecular weight excluding hydrogens is 302 g/mol. The zero-order chi connectivity index (χ0) is 17.5. The summed E-state index contributed by atoms with van der Waals surface area (Å²) in [6, 6.07) is 14.6. The minimum Gasteiger partial charge on any atom is -0.483 e. The molecule has 24 heavy (non-hydrogen) atoms. The maximum Gasteiger partial charge on any atom is 0.262 e. The second kappa shape index (κ2) is 8.29. The van der Waals surface area contributed by atoms with E-state index in [9.17, 15) is 9.59 Å². The molecule has 0 radical (unpaired) electrons. The highest BCUT2D eigenvalue weighted by Gasteiger charge is 2.11. The topological polar surface area (TPSA) is 55.4 Å². The number of ether oxygens (including phenoxy) is 1. The molecule has 0 heterocycles. The predicted molar refractivity (Wildman–Crippen MR) is 95.7 cm³/mol. The van der Waals surface area contributed by atoms with Gasteiger partial charge in [-0.3, -0.25) is 9.59 Å². The quantitative estimate of drug-likeness (QED) is 0.767. The van der Waals surface area contributed by atoms with E-state index < -0.39 is 0 Å². The molecule has 4 nitrogen and oxygen atoms in total. The number of carbonyl (C=O) groups is 2. The molecule has 0 saturated carbocycles. The smallest absolute Gasteiger partial charge is 0.262 e. The highest BCUT2D eigenvalue weighted by molar-refractivity contribution is 5.95. The van der Waals surface area contributed by atoms with E-state index in [4.69, 9.17) is 4.74 Å². The average Bonchev–Trinajstić information content (AvgIpc) is 2.60. The van der Waals surface area contributed by atoms with Crippen molar-refractivity contribution in [2.24, 2.45) is 0 Å². The van der Waals surface area contributed by atoms with Crippen molar-refractivity contribution in [2.45, 2.75) is 33.1 Å². The number of rotatable bonds is 7. The Labute approximate surface area is 142 Å². The number of hydrogen-bond acceptors (Lipinski definition) is 3. The van der Waals surface area contributed by atoms with E-state index in [1.165, 1.54) is 6.92 Å². The molecule has 0 bridgehead atoms. The van der Waals surface area contributed by atoms with Crippen LogP contribution in [0.3, 0.4) is 0 Å². The highest BCUT2D eigenvalue weighted by Crippen LogP contribution is 2.28. The summed E-state index contributed by atoms with van der Waals surface area (Å²) >= 11 is 0. The summed E-state index contributed by atoms with van der Waals surface area (Å²) in [4.78, 5) is 23.3. The molecule has 1 N–H and O–H groups in total. The van der Waals surface area contributed by atoms with Crippen LogP contribution in [0.15, 0.2) is 48.5 Å². The molecule has 0 saturated heterocycles. The number of nitrogens with one attached hydrogen (secondary N) is 1. The standard InChI is InChI=1S/C20H23NO3/c1-4-14(2)18-7-5-6-8-19(18)24-13-20(23)21-17-11-9-16(10-12-17)15(3)22/h5-12,14H,4,13H2,1-3H3,(H,21,23). The number of amides is 1. The fraction of sp³-hybridized carbons (Fsp3) is 0.300. The van der Waals surface area contributed by atoms with Crippen LogP contribution in [0.1, 0.15) is 49.0 Å². The van der Waals surface area contributed by atoms with Gasteiger partial charge in [-0.1, -0.05) is 32.0 Å². The van der Waals surface area contributed by atoms with Crippen molar-refractivity contribution in [3.05, 3.63) is 59.7 Å². The third-order valence-corrected chi connectivity index (χ3v) is 4.00. The number of Topliss-reactive ketones (excluding diaryl/α,β-unsaturated/α-hetero) is 1. The van der Waals surface area contributed by atoms with E-state index in [1.807, 2.05) is 24.3 Å². The minimum absolute atomic E-state index is 0.00198. The Morgan fingerprint density at radius 1 is 1.08 bits per heavy atom. The second-order valence-electron chi connectivity index (χ2n) is 5.82. The van der Waals surface area contributed by atoms with Gasteiger partial charge in [0, 0.05) is 11.3 Å². The number of benzene rings is 2. The molecular formula is C20H23NO3. The summed E-state index contributed by atoms with van der Waals surface area (Å²) in [6.45, 7) is 5.72. The van der Waals surface area contributed by atoms with Gasteiger partial charge >= 0.3 is 0 Å². The van der Waals surface area contributed by atoms with Gasteiger partial charge in [0.1, 0.15) is 5.75 Å². The zero-order valence-electron chi connectivity index (χ0n) is 14.3. The lowest BCUT2D eigenvalue weighted by atomic mass is 9.98. The van der Waals surface area contributed by atoms with Gasteiger partial charge in [0.2, 0.25) is 0 Å². The zero-order valence-corrected chi connectivity index (χ0v) is 14.3. The van der Waals surface area contributed by atoms with Crippen molar-refractivity contribution < 1.29 is 14.3 Å². The molecule has 1 atom stereocenters. The van der Waals surface area contributed by atoms with E-state index in [1.54, 1.807) is 24.3 Å². The number of para-hydroxylation sites is 1. The van der Waals surface area contributed by atoms with Gasteiger partial charge in [0.15, 0.2) is 12.4 Å². The lowest BCUT2D eigenvalue weighted by Gasteiger charge is -2.15. The van der Waals surface area contributed by atoms with Crippen LogP contribution in [0.2, 0.25) is 0 Å². The summed E-state index contributed by atoms with van der Waals surface area (Å²) in [6.07, 6.45) is 1.01. The molecule has 0 spiro atoms. The fourth-order valence-electron chi connectivity index (χ4n) is 2.37. The molecule has 0 aliphatic carbocycles. The van der Waals surface area contributed by atoms with Gasteiger partial charge in [0.05, 0.1) is 0 Å². The molecule has 126 valence electrons. The third kappa shape index (κ3) is 4.69. The number of carbonyl (C=O) groups excluding carboxylic acids is 2. The van der Waals surface area contributed by atoms with Gasteiger partial charge in [-0.2, -0.15) is 0 Å². The monoisotopic (exact) mass is 325 g/mol. The summed E-state index contributed by atoms with van der Waals surface area (Å²) < 4.78 is 5.69. The lowest BCUT2D eigenvalue weighted by Crippen LogP contribution is -2.20. The van der Waals surface area contributed by atoms with Gasteiger partial charge in [-0.15, -0.1) is 0 Å². The van der Waals surface area contributed by atoms with E-state index in [0.29, 0.717) is 17.2 Å². The second-order valence-corrected chi connectivity index (χ2v) is 5.82. The van der Waals surface area contributed by atoms with Crippen LogP contribution in [0.25, 0.3) is 0 Å². The van der Waals surface area contributed by atoms with E-state index in [-0.39, 0.29) is 18.3 Å². The Bertz CT molecular complexity index is 707. The van der Waals surface area contributed by atoms with Crippen molar-refractivity contribution in [3.63, 3.8) is 0 Å². The first-order valence-electron chi connectivity index (χ1n) is 8.13. The van der Waals surface area contributed by atoms with Crippen molar-refractivity contribution in [3.8, 4) is 5.75 Å². The predicted octanol–water partition coefficient (Wildman–Crippen LogP) is 4.42. The first-order valence-corrected chi connectivity index (χ1v) is 8.13. The van der Waals surface area contributed by atoms with E-state index in [2.05, 4.69) is 19.2 Å². The van der Waals surface area contributed by atoms with Crippen LogP contribution < -0.4 is 10.1 Å². The van der Waals surface area contributed by atoms with Crippen molar-refractivity contribution in [2.75, 3.05) is 11.9 Å².